The van der Waals surface area contributed by atoms with Gasteiger partial charge in [-0.2, -0.15) is 0 Å². The van der Waals surface area contributed by atoms with E-state index in [2.05, 4.69) is 17.2 Å². The summed E-state index contributed by atoms with van der Waals surface area (Å²) in [4.78, 5) is 0. The molecular formula is C11H10ClNO. The molecule has 1 fully saturated rings. The Morgan fingerprint density at radius 1 is 1.36 bits per heavy atom. The Hall–Kier alpha value is -1.01. The zero-order chi connectivity index (χ0) is 10.0. The van der Waals surface area contributed by atoms with E-state index in [1.54, 1.807) is 6.07 Å². The normalized spacial score (nSPS) is 17.9. The van der Waals surface area contributed by atoms with Gasteiger partial charge in [0, 0.05) is 18.7 Å². The Kier molecular flexibility index (Phi) is 2.47. The Morgan fingerprint density at radius 3 is 2.64 bits per heavy atom. The van der Waals surface area contributed by atoms with Gasteiger partial charge in [0.2, 0.25) is 0 Å². The summed E-state index contributed by atoms with van der Waals surface area (Å²) in [5, 5.41) is 13.3. The second-order valence-electron chi connectivity index (χ2n) is 3.36. The van der Waals surface area contributed by atoms with Crippen LogP contribution in [0.25, 0.3) is 0 Å². The molecule has 0 spiro atoms. The molecule has 0 aliphatic carbocycles. The molecule has 1 aromatic carbocycles. The van der Waals surface area contributed by atoms with Crippen molar-refractivity contribution >= 4 is 11.6 Å². The minimum absolute atomic E-state index is 0.532. The number of hydrogen-bond donors (Lipinski definition) is 2. The highest BCUT2D eigenvalue weighted by Gasteiger charge is 2.31. The van der Waals surface area contributed by atoms with E-state index in [0.717, 1.165) is 5.56 Å². The van der Waals surface area contributed by atoms with Gasteiger partial charge in [0.15, 0.2) is 0 Å². The van der Waals surface area contributed by atoms with Crippen LogP contribution in [0.5, 0.6) is 0 Å². The lowest BCUT2D eigenvalue weighted by Gasteiger charge is -2.32. The molecule has 0 bridgehead atoms. The summed E-state index contributed by atoms with van der Waals surface area (Å²) in [5.41, 5.74) is -0.103. The number of halogens is 1. The minimum atomic E-state index is -0.862. The summed E-state index contributed by atoms with van der Waals surface area (Å²) in [6.45, 7) is 1.06. The first kappa shape index (κ1) is 9.54. The van der Waals surface area contributed by atoms with Gasteiger partial charge >= 0.3 is 0 Å². The third-order valence-electron chi connectivity index (χ3n) is 2.14. The Morgan fingerprint density at radius 2 is 2.07 bits per heavy atom. The molecule has 0 saturated carbocycles. The van der Waals surface area contributed by atoms with Crippen LogP contribution in [0, 0.1) is 11.8 Å². The summed E-state index contributed by atoms with van der Waals surface area (Å²) in [6.07, 6.45) is 0. The van der Waals surface area contributed by atoms with Crippen LogP contribution < -0.4 is 5.32 Å². The van der Waals surface area contributed by atoms with Crippen molar-refractivity contribution in [1.82, 2.24) is 5.32 Å². The van der Waals surface area contributed by atoms with Gasteiger partial charge in [-0.05, 0) is 12.1 Å². The first-order valence-corrected chi connectivity index (χ1v) is 4.78. The molecule has 0 radical (unpaired) electrons. The Balaban J connectivity index is 2.21. The lowest BCUT2D eigenvalue weighted by Crippen LogP contribution is -2.58. The molecule has 0 aromatic heterocycles. The number of aliphatic hydroxyl groups is 1. The van der Waals surface area contributed by atoms with E-state index >= 15 is 0 Å². The monoisotopic (exact) mass is 207 g/mol. The van der Waals surface area contributed by atoms with Crippen molar-refractivity contribution in [2.24, 2.45) is 0 Å². The fourth-order valence-electron chi connectivity index (χ4n) is 1.20. The molecule has 0 unspecified atom stereocenters. The molecule has 14 heavy (non-hydrogen) atoms. The second-order valence-corrected chi connectivity index (χ2v) is 3.77. The summed E-state index contributed by atoms with van der Waals surface area (Å²) in [6, 6.07) is 7.35. The first-order chi connectivity index (χ1) is 6.70. The van der Waals surface area contributed by atoms with Gasteiger partial charge in [0.25, 0.3) is 0 Å². The largest absolute Gasteiger partial charge is 0.375 e. The van der Waals surface area contributed by atoms with Gasteiger partial charge < -0.3 is 10.4 Å². The summed E-state index contributed by atoms with van der Waals surface area (Å²) < 4.78 is 0. The van der Waals surface area contributed by atoms with Crippen LogP contribution in [-0.2, 0) is 0 Å². The van der Waals surface area contributed by atoms with Crippen molar-refractivity contribution in [3.63, 3.8) is 0 Å². The van der Waals surface area contributed by atoms with E-state index in [9.17, 15) is 5.11 Å². The predicted octanol–water partition coefficient (Wildman–Crippen LogP) is 1.03. The molecule has 1 saturated heterocycles. The Bertz CT molecular complexity index is 401. The lowest BCUT2D eigenvalue weighted by molar-refractivity contribution is 0.0473. The quantitative estimate of drug-likeness (QED) is 0.623. The van der Waals surface area contributed by atoms with E-state index in [0.29, 0.717) is 18.1 Å². The van der Waals surface area contributed by atoms with Gasteiger partial charge in [-0.15, -0.1) is 0 Å². The smallest absolute Gasteiger partial charge is 0.150 e. The summed E-state index contributed by atoms with van der Waals surface area (Å²) >= 11 is 5.91. The predicted molar refractivity (Wildman–Crippen MR) is 56.1 cm³/mol. The molecule has 2 nitrogen and oxygen atoms in total. The van der Waals surface area contributed by atoms with Crippen LogP contribution in [0.15, 0.2) is 24.3 Å². The number of benzene rings is 1. The highest BCUT2D eigenvalue weighted by Crippen LogP contribution is 2.14. The SMILES string of the molecule is OC1(C#Cc2ccccc2Cl)CNC1. The second kappa shape index (κ2) is 3.62. The van der Waals surface area contributed by atoms with Crippen LogP contribution in [0.4, 0.5) is 0 Å². The topological polar surface area (TPSA) is 32.3 Å². The molecule has 72 valence electrons. The van der Waals surface area contributed by atoms with Gasteiger partial charge in [-0.1, -0.05) is 35.6 Å². The summed E-state index contributed by atoms with van der Waals surface area (Å²) in [7, 11) is 0. The first-order valence-electron chi connectivity index (χ1n) is 4.40. The van der Waals surface area contributed by atoms with Crippen molar-refractivity contribution in [2.75, 3.05) is 13.1 Å². The van der Waals surface area contributed by atoms with Crippen LogP contribution >= 0.6 is 11.6 Å². The molecular weight excluding hydrogens is 198 g/mol. The van der Waals surface area contributed by atoms with Crippen LogP contribution in [0.2, 0.25) is 5.02 Å². The molecule has 3 heteroatoms. The van der Waals surface area contributed by atoms with Crippen molar-refractivity contribution in [3.05, 3.63) is 34.9 Å². The number of nitrogens with one attached hydrogen (secondary N) is 1. The third kappa shape index (κ3) is 1.91. The highest BCUT2D eigenvalue weighted by atomic mass is 35.5. The van der Waals surface area contributed by atoms with Gasteiger partial charge in [0.1, 0.15) is 5.60 Å². The van der Waals surface area contributed by atoms with Crippen LogP contribution in [0.1, 0.15) is 5.56 Å². The number of rotatable bonds is 0. The number of β-amino-alcohol motifs (C(OH)–C–C–N with tert-alkyl or cyclic N) is 1. The average Bonchev–Trinajstić information content (AvgIpc) is 2.14. The van der Waals surface area contributed by atoms with Gasteiger partial charge in [0.05, 0.1) is 5.02 Å². The zero-order valence-corrected chi connectivity index (χ0v) is 8.30. The maximum absolute atomic E-state index is 9.68. The number of hydrogen-bond acceptors (Lipinski definition) is 2. The fraction of sp³-hybridized carbons (Fsp3) is 0.273. The molecule has 2 N–H and O–H groups in total. The molecule has 1 aromatic rings. The van der Waals surface area contributed by atoms with Crippen LogP contribution in [0.3, 0.4) is 0 Å². The van der Waals surface area contributed by atoms with Crippen molar-refractivity contribution in [3.8, 4) is 11.8 Å². The third-order valence-corrected chi connectivity index (χ3v) is 2.47. The Labute approximate surface area is 87.9 Å². The molecule has 2 rings (SSSR count). The van der Waals surface area contributed by atoms with E-state index in [1.165, 1.54) is 0 Å². The van der Waals surface area contributed by atoms with E-state index in [4.69, 9.17) is 11.6 Å². The van der Waals surface area contributed by atoms with Gasteiger partial charge in [-0.3, -0.25) is 0 Å². The molecule has 1 aliphatic heterocycles. The average molecular weight is 208 g/mol. The van der Waals surface area contributed by atoms with Crippen molar-refractivity contribution in [1.29, 1.82) is 0 Å². The van der Waals surface area contributed by atoms with Crippen molar-refractivity contribution < 1.29 is 5.11 Å². The minimum Gasteiger partial charge on any atom is -0.375 e. The maximum atomic E-state index is 9.68. The van der Waals surface area contributed by atoms with E-state index in [1.807, 2.05) is 18.2 Å². The maximum Gasteiger partial charge on any atom is 0.150 e. The van der Waals surface area contributed by atoms with Gasteiger partial charge in [-0.25, -0.2) is 0 Å². The fourth-order valence-corrected chi connectivity index (χ4v) is 1.38. The molecule has 0 amide bonds. The zero-order valence-electron chi connectivity index (χ0n) is 7.55. The standard InChI is InChI=1S/C11H10ClNO/c12-10-4-2-1-3-9(10)5-6-11(14)7-13-8-11/h1-4,13-14H,7-8H2. The molecule has 1 aliphatic rings. The van der Waals surface area contributed by atoms with E-state index < -0.39 is 5.60 Å². The van der Waals surface area contributed by atoms with Crippen molar-refractivity contribution in [2.45, 2.75) is 5.60 Å². The lowest BCUT2D eigenvalue weighted by atomic mass is 9.98. The highest BCUT2D eigenvalue weighted by molar-refractivity contribution is 6.31. The molecule has 1 heterocycles. The molecule has 0 atom stereocenters. The summed E-state index contributed by atoms with van der Waals surface area (Å²) in [5.74, 6) is 5.69. The van der Waals surface area contributed by atoms with E-state index in [-0.39, 0.29) is 0 Å². The van der Waals surface area contributed by atoms with Crippen LogP contribution in [-0.4, -0.2) is 23.8 Å².